The number of benzene rings is 3. The average Bonchev–Trinajstić information content (AvgIpc) is 2.78. The van der Waals surface area contributed by atoms with Crippen LogP contribution in [0.3, 0.4) is 0 Å². The summed E-state index contributed by atoms with van der Waals surface area (Å²) in [5, 5.41) is 22.8. The van der Waals surface area contributed by atoms with Gasteiger partial charge in [-0.25, -0.2) is 0 Å². The molecule has 0 saturated heterocycles. The zero-order chi connectivity index (χ0) is 22.2. The van der Waals surface area contributed by atoms with E-state index < -0.39 is 10.8 Å². The van der Waals surface area contributed by atoms with E-state index in [-0.39, 0.29) is 22.0 Å². The molecule has 0 unspecified atom stereocenters. The number of nitrogens with zero attached hydrogens (tertiary/aromatic N) is 2. The van der Waals surface area contributed by atoms with Crippen LogP contribution < -0.4 is 10.1 Å². The number of nitro groups is 1. The molecule has 3 rings (SSSR count). The molecule has 0 radical (unpaired) electrons. The van der Waals surface area contributed by atoms with Crippen molar-refractivity contribution in [2.75, 3.05) is 5.32 Å². The summed E-state index contributed by atoms with van der Waals surface area (Å²) in [6, 6.07) is 22.1. The number of nitrogens with one attached hydrogen (secondary N) is 1. The number of hydrogen-bond donors (Lipinski definition) is 1. The van der Waals surface area contributed by atoms with Crippen LogP contribution in [0.15, 0.2) is 78.4 Å². The van der Waals surface area contributed by atoms with E-state index in [1.165, 1.54) is 18.2 Å². The number of carbonyl (C=O) groups excluding carboxylic acids is 1. The molecular formula is C23H16ClN3O4. The Morgan fingerprint density at radius 2 is 1.84 bits per heavy atom. The van der Waals surface area contributed by atoms with E-state index in [2.05, 4.69) is 5.32 Å². The number of non-ortho nitro benzene ring substituents is 1. The minimum Gasteiger partial charge on any atom is -0.488 e. The van der Waals surface area contributed by atoms with Crippen LogP contribution in [0.5, 0.6) is 5.75 Å². The van der Waals surface area contributed by atoms with Crippen molar-refractivity contribution >= 4 is 35.0 Å². The molecule has 0 aliphatic rings. The van der Waals surface area contributed by atoms with Crippen molar-refractivity contribution in [3.63, 3.8) is 0 Å². The van der Waals surface area contributed by atoms with Gasteiger partial charge in [0.15, 0.2) is 0 Å². The molecule has 1 amide bonds. The lowest BCUT2D eigenvalue weighted by atomic mass is 10.1. The molecule has 0 saturated carbocycles. The fourth-order valence-electron chi connectivity index (χ4n) is 2.68. The summed E-state index contributed by atoms with van der Waals surface area (Å²) < 4.78 is 5.85. The fraction of sp³-hybridized carbons (Fsp3) is 0.0435. The van der Waals surface area contributed by atoms with Crippen molar-refractivity contribution in [2.45, 2.75) is 6.61 Å². The van der Waals surface area contributed by atoms with Gasteiger partial charge >= 0.3 is 0 Å². The van der Waals surface area contributed by atoms with Crippen LogP contribution >= 0.6 is 11.6 Å². The van der Waals surface area contributed by atoms with Crippen LogP contribution in [0, 0.1) is 21.4 Å². The predicted octanol–water partition coefficient (Wildman–Crippen LogP) is 5.37. The van der Waals surface area contributed by atoms with Gasteiger partial charge in [0.05, 0.1) is 15.6 Å². The molecule has 0 heterocycles. The van der Waals surface area contributed by atoms with E-state index in [1.807, 2.05) is 36.4 Å². The summed E-state index contributed by atoms with van der Waals surface area (Å²) in [6.07, 6.45) is 1.41. The van der Waals surface area contributed by atoms with Gasteiger partial charge in [0.1, 0.15) is 24.0 Å². The Bertz CT molecular complexity index is 1190. The number of para-hydroxylation sites is 1. The van der Waals surface area contributed by atoms with Crippen molar-refractivity contribution in [1.82, 2.24) is 0 Å². The molecule has 3 aromatic carbocycles. The Morgan fingerprint density at radius 3 is 2.52 bits per heavy atom. The second-order valence-corrected chi connectivity index (χ2v) is 6.76. The van der Waals surface area contributed by atoms with Crippen molar-refractivity contribution in [3.8, 4) is 11.8 Å². The van der Waals surface area contributed by atoms with Gasteiger partial charge in [-0.05, 0) is 23.8 Å². The SMILES string of the molecule is N#C/C(=C\c1ccccc1OCc1ccccc1)C(=O)Nc1ccc([N+](=O)[O-])cc1Cl. The molecule has 7 nitrogen and oxygen atoms in total. The lowest BCUT2D eigenvalue weighted by molar-refractivity contribution is -0.384. The van der Waals surface area contributed by atoms with E-state index in [0.29, 0.717) is 17.9 Å². The van der Waals surface area contributed by atoms with Gasteiger partial charge in [0.2, 0.25) is 0 Å². The smallest absolute Gasteiger partial charge is 0.271 e. The second kappa shape index (κ2) is 10.1. The minimum absolute atomic E-state index is 0.00793. The van der Waals surface area contributed by atoms with Gasteiger partial charge < -0.3 is 10.1 Å². The Kier molecular flexibility index (Phi) is 6.99. The lowest BCUT2D eigenvalue weighted by Gasteiger charge is -2.10. The van der Waals surface area contributed by atoms with E-state index in [0.717, 1.165) is 11.6 Å². The third kappa shape index (κ3) is 5.69. The molecule has 0 aliphatic heterocycles. The molecule has 0 atom stereocenters. The Morgan fingerprint density at radius 1 is 1.13 bits per heavy atom. The molecule has 0 bridgehead atoms. The van der Waals surface area contributed by atoms with E-state index >= 15 is 0 Å². The highest BCUT2D eigenvalue weighted by Gasteiger charge is 2.15. The largest absolute Gasteiger partial charge is 0.488 e. The molecule has 0 fully saturated rings. The Balaban J connectivity index is 1.79. The number of nitriles is 1. The first kappa shape index (κ1) is 21.6. The van der Waals surface area contributed by atoms with E-state index in [1.54, 1.807) is 24.3 Å². The predicted molar refractivity (Wildman–Crippen MR) is 118 cm³/mol. The molecule has 0 aromatic heterocycles. The van der Waals surface area contributed by atoms with Gasteiger partial charge in [0.25, 0.3) is 11.6 Å². The fourth-order valence-corrected chi connectivity index (χ4v) is 2.90. The van der Waals surface area contributed by atoms with Gasteiger partial charge in [-0.15, -0.1) is 0 Å². The molecule has 1 N–H and O–H groups in total. The maximum Gasteiger partial charge on any atom is 0.271 e. The highest BCUT2D eigenvalue weighted by atomic mass is 35.5. The van der Waals surface area contributed by atoms with Crippen LogP contribution in [-0.2, 0) is 11.4 Å². The third-order valence-corrected chi connectivity index (χ3v) is 4.55. The van der Waals surface area contributed by atoms with Crippen molar-refractivity contribution in [3.05, 3.63) is 105 Å². The normalized spacial score (nSPS) is 10.8. The molecule has 0 aliphatic carbocycles. The van der Waals surface area contributed by atoms with Crippen LogP contribution in [0.1, 0.15) is 11.1 Å². The zero-order valence-corrected chi connectivity index (χ0v) is 16.9. The number of carbonyl (C=O) groups is 1. The third-order valence-electron chi connectivity index (χ3n) is 4.23. The zero-order valence-electron chi connectivity index (χ0n) is 16.1. The quantitative estimate of drug-likeness (QED) is 0.233. The number of nitro benzene ring substituents is 1. The van der Waals surface area contributed by atoms with Gasteiger partial charge in [-0.2, -0.15) is 5.26 Å². The van der Waals surface area contributed by atoms with Crippen molar-refractivity contribution in [2.24, 2.45) is 0 Å². The molecule has 3 aromatic rings. The molecular weight excluding hydrogens is 418 g/mol. The number of anilines is 1. The standard InChI is InChI=1S/C23H16ClN3O4/c24-20-13-19(27(29)30)10-11-21(20)26-23(28)18(14-25)12-17-8-4-5-9-22(17)31-15-16-6-2-1-3-7-16/h1-13H,15H2,(H,26,28)/b18-12+. The Hall–Kier alpha value is -4.15. The van der Waals surface area contributed by atoms with Gasteiger partial charge in [0, 0.05) is 17.7 Å². The first-order chi connectivity index (χ1) is 15.0. The number of ether oxygens (including phenoxy) is 1. The summed E-state index contributed by atoms with van der Waals surface area (Å²) in [4.78, 5) is 22.8. The summed E-state index contributed by atoms with van der Waals surface area (Å²) >= 11 is 6.01. The van der Waals surface area contributed by atoms with E-state index in [9.17, 15) is 20.2 Å². The van der Waals surface area contributed by atoms with Crippen LogP contribution in [0.4, 0.5) is 11.4 Å². The highest BCUT2D eigenvalue weighted by Crippen LogP contribution is 2.27. The minimum atomic E-state index is -0.698. The monoisotopic (exact) mass is 433 g/mol. The number of halogens is 1. The van der Waals surface area contributed by atoms with Gasteiger partial charge in [-0.3, -0.25) is 14.9 Å². The molecule has 0 spiro atoms. The topological polar surface area (TPSA) is 105 Å². The van der Waals surface area contributed by atoms with Gasteiger partial charge in [-0.1, -0.05) is 60.1 Å². The van der Waals surface area contributed by atoms with Crippen LogP contribution in [-0.4, -0.2) is 10.8 Å². The Labute approximate surface area is 183 Å². The first-order valence-electron chi connectivity index (χ1n) is 9.11. The summed E-state index contributed by atoms with van der Waals surface area (Å²) in [5.41, 5.74) is 1.31. The maximum atomic E-state index is 12.6. The van der Waals surface area contributed by atoms with E-state index in [4.69, 9.17) is 16.3 Å². The molecule has 154 valence electrons. The van der Waals surface area contributed by atoms with Crippen LogP contribution in [0.25, 0.3) is 6.08 Å². The summed E-state index contributed by atoms with van der Waals surface area (Å²) in [6.45, 7) is 0.332. The van der Waals surface area contributed by atoms with Crippen LogP contribution in [0.2, 0.25) is 5.02 Å². The lowest BCUT2D eigenvalue weighted by Crippen LogP contribution is -2.14. The number of amides is 1. The molecule has 31 heavy (non-hydrogen) atoms. The molecule has 8 heteroatoms. The average molecular weight is 434 g/mol. The number of hydrogen-bond acceptors (Lipinski definition) is 5. The van der Waals surface area contributed by atoms with Crippen molar-refractivity contribution < 1.29 is 14.5 Å². The second-order valence-electron chi connectivity index (χ2n) is 6.36. The summed E-state index contributed by atoms with van der Waals surface area (Å²) in [7, 11) is 0. The highest BCUT2D eigenvalue weighted by molar-refractivity contribution is 6.34. The van der Waals surface area contributed by atoms with Crippen molar-refractivity contribution in [1.29, 1.82) is 5.26 Å². The maximum absolute atomic E-state index is 12.6. The first-order valence-corrected chi connectivity index (χ1v) is 9.48. The summed E-state index contributed by atoms with van der Waals surface area (Å²) in [5.74, 6) is -0.184. The number of rotatable bonds is 7.